The van der Waals surface area contributed by atoms with Gasteiger partial charge in [-0.25, -0.2) is 4.98 Å². The Bertz CT molecular complexity index is 1090. The summed E-state index contributed by atoms with van der Waals surface area (Å²) in [5, 5.41) is 26.5. The second kappa shape index (κ2) is 8.52. The van der Waals surface area contributed by atoms with E-state index in [-0.39, 0.29) is 16.9 Å². The Kier molecular flexibility index (Phi) is 5.89. The van der Waals surface area contributed by atoms with Crippen molar-refractivity contribution in [1.29, 1.82) is 5.26 Å². The maximum atomic E-state index is 11.3. The van der Waals surface area contributed by atoms with Gasteiger partial charge in [-0.3, -0.25) is 10.1 Å². The number of rotatable bonds is 6. The molecule has 0 bridgehead atoms. The van der Waals surface area contributed by atoms with Gasteiger partial charge in [-0.1, -0.05) is 23.7 Å². The molecule has 0 amide bonds. The Labute approximate surface area is 169 Å². The van der Waals surface area contributed by atoms with Gasteiger partial charge in [0.15, 0.2) is 0 Å². The van der Waals surface area contributed by atoms with Crippen molar-refractivity contribution < 1.29 is 9.66 Å². The minimum absolute atomic E-state index is 0.158. The molecule has 0 aliphatic heterocycles. The number of nitrogens with zero attached hydrogens (tertiary/aromatic N) is 3. The lowest BCUT2D eigenvalue weighted by Crippen LogP contribution is -1.98. The highest BCUT2D eigenvalue weighted by atomic mass is 35.5. The number of nitro benzene ring substituents is 1. The van der Waals surface area contributed by atoms with E-state index in [0.717, 1.165) is 5.56 Å². The fourth-order valence-corrected chi connectivity index (χ4v) is 3.27. The normalized spacial score (nSPS) is 11.0. The number of benzene rings is 2. The van der Waals surface area contributed by atoms with Crippen LogP contribution in [0.1, 0.15) is 5.01 Å². The van der Waals surface area contributed by atoms with Crippen molar-refractivity contribution in [3.63, 3.8) is 0 Å². The molecule has 1 aromatic heterocycles. The van der Waals surface area contributed by atoms with E-state index in [1.807, 2.05) is 17.5 Å². The number of nitro groups is 1. The predicted molar refractivity (Wildman–Crippen MR) is 109 cm³/mol. The van der Waals surface area contributed by atoms with Crippen LogP contribution < -0.4 is 10.1 Å². The summed E-state index contributed by atoms with van der Waals surface area (Å²) in [5.41, 5.74) is 1.94. The summed E-state index contributed by atoms with van der Waals surface area (Å²) in [4.78, 5) is 15.2. The molecule has 2 aromatic carbocycles. The van der Waals surface area contributed by atoms with Gasteiger partial charge in [0.1, 0.15) is 28.1 Å². The van der Waals surface area contributed by atoms with Crippen LogP contribution in [0.4, 0.5) is 11.4 Å². The lowest BCUT2D eigenvalue weighted by molar-refractivity contribution is -0.384. The maximum absolute atomic E-state index is 11.3. The lowest BCUT2D eigenvalue weighted by Gasteiger charge is -2.05. The number of anilines is 1. The molecule has 0 unspecified atom stereocenters. The maximum Gasteiger partial charge on any atom is 0.296 e. The molecule has 0 saturated carbocycles. The van der Waals surface area contributed by atoms with Crippen LogP contribution in [0.2, 0.25) is 5.02 Å². The second-order valence-electron chi connectivity index (χ2n) is 5.50. The van der Waals surface area contributed by atoms with Crippen molar-refractivity contribution in [3.05, 3.63) is 74.2 Å². The number of methoxy groups -OCH3 is 1. The third kappa shape index (κ3) is 4.28. The van der Waals surface area contributed by atoms with Crippen molar-refractivity contribution >= 4 is 39.9 Å². The van der Waals surface area contributed by atoms with Gasteiger partial charge in [0.25, 0.3) is 5.69 Å². The molecule has 0 aliphatic carbocycles. The van der Waals surface area contributed by atoms with E-state index in [4.69, 9.17) is 16.3 Å². The van der Waals surface area contributed by atoms with E-state index in [1.165, 1.54) is 36.8 Å². The Morgan fingerprint density at radius 1 is 1.36 bits per heavy atom. The summed E-state index contributed by atoms with van der Waals surface area (Å²) in [5.74, 6) is 0.370. The van der Waals surface area contributed by atoms with Gasteiger partial charge in [0, 0.05) is 22.2 Å². The third-order valence-corrected chi connectivity index (χ3v) is 4.90. The Hall–Kier alpha value is -3.41. The Morgan fingerprint density at radius 2 is 2.11 bits per heavy atom. The summed E-state index contributed by atoms with van der Waals surface area (Å²) < 4.78 is 5.01. The first kappa shape index (κ1) is 19.4. The molecule has 0 spiro atoms. The molecule has 0 radical (unpaired) electrons. The van der Waals surface area contributed by atoms with Crippen LogP contribution >= 0.6 is 22.9 Å². The average molecular weight is 413 g/mol. The van der Waals surface area contributed by atoms with Gasteiger partial charge < -0.3 is 10.1 Å². The molecule has 0 fully saturated rings. The number of aromatic nitrogens is 1. The number of ether oxygens (including phenoxy) is 1. The van der Waals surface area contributed by atoms with E-state index >= 15 is 0 Å². The summed E-state index contributed by atoms with van der Waals surface area (Å²) in [6, 6.07) is 13.7. The first-order valence-corrected chi connectivity index (χ1v) is 9.18. The van der Waals surface area contributed by atoms with Crippen molar-refractivity contribution in [1.82, 2.24) is 4.98 Å². The van der Waals surface area contributed by atoms with Crippen LogP contribution in [0.3, 0.4) is 0 Å². The first-order chi connectivity index (χ1) is 13.5. The molecule has 140 valence electrons. The molecule has 7 nitrogen and oxygen atoms in total. The fraction of sp³-hybridized carbons (Fsp3) is 0.0526. The highest BCUT2D eigenvalue weighted by molar-refractivity contribution is 7.11. The summed E-state index contributed by atoms with van der Waals surface area (Å²) in [6.45, 7) is 0. The number of halogens is 1. The van der Waals surface area contributed by atoms with E-state index in [1.54, 1.807) is 18.2 Å². The highest BCUT2D eigenvalue weighted by Crippen LogP contribution is 2.30. The van der Waals surface area contributed by atoms with Gasteiger partial charge in [0.05, 0.1) is 23.8 Å². The second-order valence-corrected chi connectivity index (χ2v) is 6.79. The van der Waals surface area contributed by atoms with Crippen molar-refractivity contribution in [3.8, 4) is 23.1 Å². The molecule has 1 heterocycles. The van der Waals surface area contributed by atoms with Crippen LogP contribution in [0.5, 0.6) is 5.75 Å². The SMILES string of the molecule is COc1ccc(N/C=C(\C#N)c2nc(-c3ccc(Cl)cc3)cs2)c([N+](=O)[O-])c1. The Balaban J connectivity index is 1.87. The highest BCUT2D eigenvalue weighted by Gasteiger charge is 2.15. The number of allylic oxidation sites excluding steroid dienone is 1. The quantitative estimate of drug-likeness (QED) is 0.332. The molecule has 0 atom stereocenters. The van der Waals surface area contributed by atoms with E-state index in [0.29, 0.717) is 21.5 Å². The third-order valence-electron chi connectivity index (χ3n) is 3.77. The van der Waals surface area contributed by atoms with E-state index < -0.39 is 4.92 Å². The molecule has 9 heteroatoms. The molecular formula is C19H13ClN4O3S. The van der Waals surface area contributed by atoms with Gasteiger partial charge in [0.2, 0.25) is 0 Å². The molecule has 1 N–H and O–H groups in total. The van der Waals surface area contributed by atoms with E-state index in [9.17, 15) is 15.4 Å². The molecule has 28 heavy (non-hydrogen) atoms. The summed E-state index contributed by atoms with van der Waals surface area (Å²) in [7, 11) is 1.43. The monoisotopic (exact) mass is 412 g/mol. The van der Waals surface area contributed by atoms with Gasteiger partial charge in [-0.15, -0.1) is 11.3 Å². The Morgan fingerprint density at radius 3 is 2.75 bits per heavy atom. The van der Waals surface area contributed by atoms with Gasteiger partial charge in [-0.2, -0.15) is 5.26 Å². The zero-order valence-corrected chi connectivity index (χ0v) is 16.1. The fourth-order valence-electron chi connectivity index (χ4n) is 2.35. The standard InChI is InChI=1S/C19H13ClN4O3S/c1-27-15-6-7-16(18(8-15)24(25)26)22-10-13(9-21)19-23-17(11-28-19)12-2-4-14(20)5-3-12/h2-8,10-11,22H,1H3/b13-10+. The number of nitriles is 1. The smallest absolute Gasteiger partial charge is 0.296 e. The molecule has 0 saturated heterocycles. The lowest BCUT2D eigenvalue weighted by atomic mass is 10.2. The molecule has 0 aliphatic rings. The van der Waals surface area contributed by atoms with Crippen molar-refractivity contribution in [2.75, 3.05) is 12.4 Å². The zero-order valence-electron chi connectivity index (χ0n) is 14.5. The first-order valence-electron chi connectivity index (χ1n) is 7.93. The average Bonchev–Trinajstić information content (AvgIpc) is 3.19. The summed E-state index contributed by atoms with van der Waals surface area (Å²) >= 11 is 7.20. The van der Waals surface area contributed by atoms with Crippen LogP contribution in [-0.2, 0) is 0 Å². The van der Waals surface area contributed by atoms with Crippen molar-refractivity contribution in [2.24, 2.45) is 0 Å². The van der Waals surface area contributed by atoms with Gasteiger partial charge in [-0.05, 0) is 24.3 Å². The number of hydrogen-bond donors (Lipinski definition) is 1. The topological polar surface area (TPSA) is 101 Å². The predicted octanol–water partition coefficient (Wildman–Crippen LogP) is 5.36. The minimum atomic E-state index is -0.521. The minimum Gasteiger partial charge on any atom is -0.496 e. The van der Waals surface area contributed by atoms with E-state index in [2.05, 4.69) is 16.4 Å². The number of hydrogen-bond acceptors (Lipinski definition) is 7. The van der Waals surface area contributed by atoms with Crippen LogP contribution in [-0.4, -0.2) is 17.0 Å². The zero-order chi connectivity index (χ0) is 20.1. The number of thiazole rings is 1. The summed E-state index contributed by atoms with van der Waals surface area (Å²) in [6.07, 6.45) is 1.40. The molecular weight excluding hydrogens is 400 g/mol. The van der Waals surface area contributed by atoms with Crippen LogP contribution in [0, 0.1) is 21.4 Å². The van der Waals surface area contributed by atoms with Crippen molar-refractivity contribution in [2.45, 2.75) is 0 Å². The largest absolute Gasteiger partial charge is 0.496 e. The van der Waals surface area contributed by atoms with Crippen LogP contribution in [0.15, 0.2) is 54.0 Å². The van der Waals surface area contributed by atoms with Crippen LogP contribution in [0.25, 0.3) is 16.8 Å². The number of nitrogens with one attached hydrogen (secondary N) is 1. The van der Waals surface area contributed by atoms with Gasteiger partial charge >= 0.3 is 0 Å². The molecule has 3 aromatic rings. The molecule has 3 rings (SSSR count).